The maximum atomic E-state index is 14.6. The summed E-state index contributed by atoms with van der Waals surface area (Å²) in [7, 11) is 7.31. The van der Waals surface area contributed by atoms with E-state index >= 15 is 0 Å². The first-order valence-corrected chi connectivity index (χ1v) is 24.2. The third-order valence-electron chi connectivity index (χ3n) is 13.7. The number of hydrazine groups is 1. The third kappa shape index (κ3) is 11.9. The molecule has 6 rings (SSSR count). The summed E-state index contributed by atoms with van der Waals surface area (Å²) in [5, 5.41) is 10.3. The van der Waals surface area contributed by atoms with Crippen molar-refractivity contribution in [2.24, 2.45) is 29.3 Å². The highest BCUT2D eigenvalue weighted by Crippen LogP contribution is 2.40. The molecule has 2 N–H and O–H groups in total. The van der Waals surface area contributed by atoms with Crippen LogP contribution in [0.1, 0.15) is 92.2 Å². The van der Waals surface area contributed by atoms with E-state index in [2.05, 4.69) is 66.6 Å². The zero-order chi connectivity index (χ0) is 50.5. The molecule has 0 aliphatic carbocycles. The Morgan fingerprint density at radius 2 is 1.91 bits per heavy atom. The van der Waals surface area contributed by atoms with Gasteiger partial charge in [-0.1, -0.05) is 46.3 Å². The lowest BCUT2D eigenvalue weighted by molar-refractivity contribution is -0.155. The molecular weight excluding hydrogens is 877 g/mol. The Labute approximate surface area is 408 Å². The minimum atomic E-state index is -1.09. The second kappa shape index (κ2) is 22.0. The molecule has 2 aromatic heterocycles. The van der Waals surface area contributed by atoms with Crippen molar-refractivity contribution in [2.75, 3.05) is 54.1 Å². The molecule has 3 aromatic rings. The number of likely N-dealkylation sites (tertiary alicyclic amines) is 1. The predicted octanol–water partition coefficient (Wildman–Crippen LogP) is 4.97. The van der Waals surface area contributed by atoms with Crippen LogP contribution in [-0.4, -0.2) is 148 Å². The molecule has 6 bridgehead atoms. The number of nitrogens with zero attached hydrogens (tertiary/aromatic N) is 8. The number of hydrogen-bond acceptors (Lipinski definition) is 12. The van der Waals surface area contributed by atoms with Crippen LogP contribution in [0.15, 0.2) is 41.5 Å². The fraction of sp³-hybridized carbons (Fsp3) is 0.596. The smallest absolute Gasteiger partial charge is 0.324 e. The van der Waals surface area contributed by atoms with E-state index in [4.69, 9.17) is 29.3 Å². The predicted molar refractivity (Wildman–Crippen MR) is 268 cm³/mol. The van der Waals surface area contributed by atoms with Gasteiger partial charge in [-0.15, -0.1) is 0 Å². The first-order chi connectivity index (χ1) is 32.6. The van der Waals surface area contributed by atoms with Crippen molar-refractivity contribution in [3.63, 3.8) is 0 Å². The number of methoxy groups -OCH3 is 1. The van der Waals surface area contributed by atoms with Gasteiger partial charge in [0.05, 0.1) is 48.3 Å². The molecule has 0 unspecified atom stereocenters. The van der Waals surface area contributed by atoms with Crippen LogP contribution >= 0.6 is 0 Å². The topological polar surface area (TPSA) is 178 Å². The van der Waals surface area contributed by atoms with Gasteiger partial charge in [0.2, 0.25) is 5.91 Å². The molecule has 17 heteroatoms. The molecule has 0 spiro atoms. The van der Waals surface area contributed by atoms with E-state index in [1.807, 2.05) is 79.7 Å². The summed E-state index contributed by atoms with van der Waals surface area (Å²) in [4.78, 5) is 69.1. The van der Waals surface area contributed by atoms with Gasteiger partial charge >= 0.3 is 5.97 Å². The van der Waals surface area contributed by atoms with Crippen LogP contribution in [0.4, 0.5) is 0 Å². The number of fused-ring (bicyclic) bond motifs is 6. The van der Waals surface area contributed by atoms with E-state index in [0.717, 1.165) is 39.0 Å². The summed E-state index contributed by atoms with van der Waals surface area (Å²) in [6, 6.07) is 4.35. The molecule has 3 aliphatic rings. The highest BCUT2D eigenvalue weighted by molar-refractivity contribution is 5.96. The van der Waals surface area contributed by atoms with E-state index in [1.54, 1.807) is 22.9 Å². The van der Waals surface area contributed by atoms with Gasteiger partial charge < -0.3 is 29.0 Å². The molecule has 0 radical (unpaired) electrons. The highest BCUT2D eigenvalue weighted by Gasteiger charge is 2.38. The van der Waals surface area contributed by atoms with Crippen LogP contribution in [0.2, 0.25) is 0 Å². The molecular formula is C52H74N10O7. The zero-order valence-electron chi connectivity index (χ0n) is 43.1. The van der Waals surface area contributed by atoms with Crippen molar-refractivity contribution >= 4 is 46.4 Å². The van der Waals surface area contributed by atoms with Crippen LogP contribution in [0.3, 0.4) is 0 Å². The summed E-state index contributed by atoms with van der Waals surface area (Å²) in [5.41, 5.74) is 7.53. The van der Waals surface area contributed by atoms with E-state index in [0.29, 0.717) is 57.1 Å². The first-order valence-electron chi connectivity index (χ1n) is 24.2. The number of allylic oxidation sites excluding steroid dienone is 2. The molecule has 5 heterocycles. The molecule has 2 saturated heterocycles. The van der Waals surface area contributed by atoms with Gasteiger partial charge in [0.25, 0.3) is 11.8 Å². The molecule has 4 atom stereocenters. The van der Waals surface area contributed by atoms with E-state index < -0.39 is 40.8 Å². The molecule has 1 aromatic carbocycles. The summed E-state index contributed by atoms with van der Waals surface area (Å²) >= 11 is 0. The van der Waals surface area contributed by atoms with Crippen LogP contribution in [-0.2, 0) is 59.8 Å². The number of amides is 3. The van der Waals surface area contributed by atoms with Crippen LogP contribution in [0.5, 0.6) is 0 Å². The van der Waals surface area contributed by atoms with Crippen LogP contribution in [0, 0.1) is 29.1 Å². The number of cyclic esters (lactones) is 1. The quantitative estimate of drug-likeness (QED) is 0.102. The SMILES string of the molecule is C=C/C(=C(\N=CC)[C@H](C)OC)c1c2c3cc(ccc3n1CC)-c1nc(nn1C)C[C@H](NC(=O)[C@@H](COC1CN(C(=O)C#CC(C)(C)N(C)C)C1)C(C)C)C(=O)N1CCC[C@H](N1)C(=O)OCC(C)(C)C2. The lowest BCUT2D eigenvalue weighted by atomic mass is 9.84. The van der Waals surface area contributed by atoms with Crippen molar-refractivity contribution in [1.82, 2.24) is 44.9 Å². The number of ether oxygens (including phenoxy) is 3. The van der Waals surface area contributed by atoms with Gasteiger partial charge in [-0.2, -0.15) is 5.10 Å². The molecule has 69 heavy (non-hydrogen) atoms. The molecule has 0 saturated carbocycles. The minimum Gasteiger partial charge on any atom is -0.464 e. The van der Waals surface area contributed by atoms with Gasteiger partial charge in [-0.25, -0.2) is 15.1 Å². The van der Waals surface area contributed by atoms with Gasteiger partial charge in [0, 0.05) is 80.4 Å². The average Bonchev–Trinajstić information content (AvgIpc) is 3.81. The van der Waals surface area contributed by atoms with Gasteiger partial charge in [0.1, 0.15) is 12.1 Å². The zero-order valence-corrected chi connectivity index (χ0v) is 43.1. The average molecular weight is 951 g/mol. The van der Waals surface area contributed by atoms with Crippen molar-refractivity contribution in [3.8, 4) is 23.2 Å². The first kappa shape index (κ1) is 52.7. The van der Waals surface area contributed by atoms with E-state index in [1.165, 1.54) is 5.01 Å². The Hall–Kier alpha value is -5.67. The van der Waals surface area contributed by atoms with Crippen LogP contribution < -0.4 is 10.7 Å². The lowest BCUT2D eigenvalue weighted by Crippen LogP contribution is -2.61. The fourth-order valence-electron chi connectivity index (χ4n) is 8.90. The largest absolute Gasteiger partial charge is 0.464 e. The molecule has 17 nitrogen and oxygen atoms in total. The highest BCUT2D eigenvalue weighted by atomic mass is 16.5. The van der Waals surface area contributed by atoms with Crippen molar-refractivity contribution < 1.29 is 33.4 Å². The molecule has 3 aliphatic heterocycles. The van der Waals surface area contributed by atoms with Crippen molar-refractivity contribution in [2.45, 2.75) is 124 Å². The number of aliphatic imine (C=N–C) groups is 1. The van der Waals surface area contributed by atoms with Crippen LogP contribution in [0.25, 0.3) is 27.9 Å². The Balaban J connectivity index is 1.35. The van der Waals surface area contributed by atoms with E-state index in [-0.39, 0.29) is 49.6 Å². The normalized spacial score (nSPS) is 20.5. The van der Waals surface area contributed by atoms with Gasteiger partial charge in [0.15, 0.2) is 11.6 Å². The number of carbonyl (C=O) groups is 4. The monoisotopic (exact) mass is 951 g/mol. The Kier molecular flexibility index (Phi) is 16.8. The van der Waals surface area contributed by atoms with Crippen molar-refractivity contribution in [1.29, 1.82) is 0 Å². The summed E-state index contributed by atoms with van der Waals surface area (Å²) in [6.45, 7) is 24.0. The standard InChI is InChI=1S/C52H74N10O7/c1-15-36(45(53-16-2)33(6)67-14)46-38-27-51(7,8)31-69-50(66)40-19-18-24-62(56-40)49(65)41(26-43-55-47(59(13)57-43)34-20-21-42(37(38)25-34)61(46)17-3)54-48(64)39(32(4)5)30-68-35-28-60(29-35)44(63)22-23-52(9,10)58(11)12/h15-16,20-21,25,32-33,35,39-41,56H,1,17-19,24,26-31H2,2-14H3,(H,54,64)/b45-36+,53-16?/t33-,39-,40-,41-/m0/s1. The summed E-state index contributed by atoms with van der Waals surface area (Å²) in [5.74, 6) is 4.45. The third-order valence-corrected chi connectivity index (χ3v) is 13.7. The number of carbonyl (C=O) groups excluding carboxylic acids is 4. The molecule has 3 amide bonds. The van der Waals surface area contributed by atoms with Gasteiger partial charge in [-0.05, 0) is 104 Å². The lowest BCUT2D eigenvalue weighted by Gasteiger charge is -2.38. The number of benzene rings is 1. The Bertz CT molecular complexity index is 2530. The number of aryl methyl sites for hydroxylation is 2. The maximum Gasteiger partial charge on any atom is 0.324 e. The van der Waals surface area contributed by atoms with Gasteiger partial charge in [-0.3, -0.25) is 34.1 Å². The number of rotatable bonds is 13. The second-order valence-electron chi connectivity index (χ2n) is 20.3. The minimum absolute atomic E-state index is 0.0212. The van der Waals surface area contributed by atoms with E-state index in [9.17, 15) is 19.2 Å². The molecule has 2 fully saturated rings. The number of aromatic nitrogens is 4. The number of nitrogens with one attached hydrogen (secondary N) is 2. The summed E-state index contributed by atoms with van der Waals surface area (Å²) in [6.07, 6.45) is 4.53. The van der Waals surface area contributed by atoms with Crippen molar-refractivity contribution in [3.05, 3.63) is 53.6 Å². The fourth-order valence-corrected chi connectivity index (χ4v) is 8.90. The Morgan fingerprint density at radius 3 is 2.55 bits per heavy atom. The Morgan fingerprint density at radius 1 is 1.19 bits per heavy atom. The second-order valence-corrected chi connectivity index (χ2v) is 20.3. The summed E-state index contributed by atoms with van der Waals surface area (Å²) < 4.78 is 22.1. The number of esters is 1. The maximum absolute atomic E-state index is 14.6. The molecule has 374 valence electrons. The number of hydrogen-bond donors (Lipinski definition) is 2.